The summed E-state index contributed by atoms with van der Waals surface area (Å²) in [6.45, 7) is 6.31. The number of amides is 5. The number of phenols is 1. The molecule has 3 saturated carbocycles. The third-order valence-corrected chi connectivity index (χ3v) is 12.7. The molecule has 2 aromatic carbocycles. The number of aromatic hydroxyl groups is 1. The van der Waals surface area contributed by atoms with Gasteiger partial charge in [0.2, 0.25) is 17.7 Å². The van der Waals surface area contributed by atoms with Crippen molar-refractivity contribution in [3.05, 3.63) is 59.7 Å². The zero-order valence-electron chi connectivity index (χ0n) is 30.5. The van der Waals surface area contributed by atoms with Crippen molar-refractivity contribution in [1.82, 2.24) is 30.2 Å². The molecule has 1 aromatic heterocycles. The maximum Gasteiger partial charge on any atom is 0.262 e. The smallest absolute Gasteiger partial charge is 0.262 e. The number of imide groups is 2. The molecule has 1 unspecified atom stereocenters. The molecular weight excluding hydrogens is 704 g/mol. The van der Waals surface area contributed by atoms with Gasteiger partial charge >= 0.3 is 0 Å². The molecule has 10 rings (SSSR count). The molecule has 286 valence electrons. The maximum absolute atomic E-state index is 13.7. The minimum absolute atomic E-state index is 0.0240. The fraction of sp³-hybridized carbons (Fsp3) is 0.475. The average molecular weight is 749 g/mol. The van der Waals surface area contributed by atoms with Crippen LogP contribution in [-0.4, -0.2) is 118 Å². The lowest BCUT2D eigenvalue weighted by molar-refractivity contribution is -0.226. The Kier molecular flexibility index (Phi) is 8.51. The van der Waals surface area contributed by atoms with E-state index >= 15 is 0 Å². The second-order valence-corrected chi connectivity index (χ2v) is 16.3. The van der Waals surface area contributed by atoms with Gasteiger partial charge < -0.3 is 25.4 Å². The Morgan fingerprint density at radius 1 is 0.873 bits per heavy atom. The minimum Gasteiger partial charge on any atom is -0.507 e. The van der Waals surface area contributed by atoms with Crippen molar-refractivity contribution in [1.29, 1.82) is 0 Å². The van der Waals surface area contributed by atoms with Gasteiger partial charge in [-0.1, -0.05) is 12.1 Å². The van der Waals surface area contributed by atoms with Gasteiger partial charge in [-0.3, -0.25) is 39.1 Å². The summed E-state index contributed by atoms with van der Waals surface area (Å²) in [5.74, 6) is -0.470. The number of benzene rings is 2. The molecule has 7 aliphatic rings. The van der Waals surface area contributed by atoms with Crippen molar-refractivity contribution in [3.63, 3.8) is 0 Å². The first kappa shape index (κ1) is 35.2. The van der Waals surface area contributed by atoms with E-state index in [1.807, 2.05) is 12.1 Å². The number of carbonyl (C=O) groups is 5. The topological polar surface area (TPSA) is 192 Å². The summed E-state index contributed by atoms with van der Waals surface area (Å²) < 4.78 is 6.14. The molecule has 1 atom stereocenters. The number of nitrogens with zero attached hydrogens (tertiary/aromatic N) is 6. The van der Waals surface area contributed by atoms with Crippen LogP contribution in [0.15, 0.2) is 48.5 Å². The Bertz CT molecular complexity index is 2090. The van der Waals surface area contributed by atoms with E-state index in [0.29, 0.717) is 35.1 Å². The van der Waals surface area contributed by atoms with Crippen molar-refractivity contribution in [2.24, 2.45) is 16.7 Å². The number of rotatable bonds is 9. The fourth-order valence-electron chi connectivity index (χ4n) is 9.79. The zero-order chi connectivity index (χ0) is 38.1. The van der Waals surface area contributed by atoms with Gasteiger partial charge in [-0.15, -0.1) is 10.2 Å². The number of para-hydroxylation sites is 1. The number of fused-ring (bicyclic) bond motifs is 1. The number of aromatic nitrogens is 2. The number of carbonyl (C=O) groups excluding carboxylic acids is 5. The SMILES string of the molecule is Nc1nnc(-c2ccccc2O)cc1OCC12CC(C(=O)N3CCC(CN4CCN(c5ccc6c(c5)C(=O)N(C5CCC(=O)NC5=O)C6=O)CC4)CC3)(C1)C2. The number of nitrogens with one attached hydrogen (secondary N) is 1. The number of phenolic OH excluding ortho intramolecular Hbond substituents is 1. The zero-order valence-corrected chi connectivity index (χ0v) is 30.5. The van der Waals surface area contributed by atoms with Crippen LogP contribution in [0.4, 0.5) is 11.5 Å². The summed E-state index contributed by atoms with van der Waals surface area (Å²) >= 11 is 0. The Hall–Kier alpha value is -5.57. The number of piperidine rings is 2. The van der Waals surface area contributed by atoms with E-state index in [9.17, 15) is 29.1 Å². The predicted octanol–water partition coefficient (Wildman–Crippen LogP) is 2.44. The third kappa shape index (κ3) is 6.14. The van der Waals surface area contributed by atoms with Gasteiger partial charge in [-0.05, 0) is 74.8 Å². The average Bonchev–Trinajstić information content (AvgIpc) is 3.40. The second kappa shape index (κ2) is 13.3. The first-order valence-corrected chi connectivity index (χ1v) is 19.2. The molecular formula is C40H44N8O7. The maximum atomic E-state index is 13.7. The highest BCUT2D eigenvalue weighted by Crippen LogP contribution is 2.74. The molecule has 3 aliphatic carbocycles. The van der Waals surface area contributed by atoms with E-state index in [2.05, 4.69) is 30.2 Å². The molecule has 55 heavy (non-hydrogen) atoms. The molecule has 4 N–H and O–H groups in total. The molecule has 5 heterocycles. The number of hydrogen-bond donors (Lipinski definition) is 3. The molecule has 3 aromatic rings. The molecule has 4 aliphatic heterocycles. The van der Waals surface area contributed by atoms with Gasteiger partial charge in [0, 0.05) is 75.0 Å². The van der Waals surface area contributed by atoms with Crippen LogP contribution in [0, 0.1) is 16.7 Å². The number of nitrogens with two attached hydrogens (primary N) is 1. The lowest BCUT2D eigenvalue weighted by Crippen LogP contribution is -2.70. The van der Waals surface area contributed by atoms with Crippen LogP contribution in [0.1, 0.15) is 65.7 Å². The van der Waals surface area contributed by atoms with Gasteiger partial charge in [0.25, 0.3) is 11.8 Å². The van der Waals surface area contributed by atoms with Crippen LogP contribution in [0.3, 0.4) is 0 Å². The van der Waals surface area contributed by atoms with E-state index in [1.54, 1.807) is 36.4 Å². The van der Waals surface area contributed by atoms with Crippen molar-refractivity contribution in [2.75, 3.05) is 63.1 Å². The van der Waals surface area contributed by atoms with E-state index < -0.39 is 29.7 Å². The van der Waals surface area contributed by atoms with Crippen LogP contribution in [0.5, 0.6) is 11.5 Å². The summed E-state index contributed by atoms with van der Waals surface area (Å²) in [4.78, 5) is 71.9. The number of piperazine rings is 1. The fourth-order valence-corrected chi connectivity index (χ4v) is 9.79. The van der Waals surface area contributed by atoms with E-state index in [1.165, 1.54) is 0 Å². The molecule has 6 fully saturated rings. The first-order valence-electron chi connectivity index (χ1n) is 19.2. The minimum atomic E-state index is -0.978. The van der Waals surface area contributed by atoms with E-state index in [0.717, 1.165) is 88.5 Å². The molecule has 15 heteroatoms. The summed E-state index contributed by atoms with van der Waals surface area (Å²) in [5.41, 5.74) is 8.26. The molecule has 5 amide bonds. The molecule has 0 radical (unpaired) electrons. The van der Waals surface area contributed by atoms with Crippen molar-refractivity contribution < 1.29 is 33.8 Å². The van der Waals surface area contributed by atoms with Crippen molar-refractivity contribution in [2.45, 2.75) is 51.0 Å². The van der Waals surface area contributed by atoms with Gasteiger partial charge in [0.05, 0.1) is 23.1 Å². The largest absolute Gasteiger partial charge is 0.507 e. The monoisotopic (exact) mass is 748 g/mol. The Morgan fingerprint density at radius 2 is 1.60 bits per heavy atom. The summed E-state index contributed by atoms with van der Waals surface area (Å²) in [6.07, 6.45) is 4.64. The predicted molar refractivity (Wildman–Crippen MR) is 199 cm³/mol. The number of hydrogen-bond acceptors (Lipinski definition) is 12. The summed E-state index contributed by atoms with van der Waals surface area (Å²) in [7, 11) is 0. The standard InChI is InChI=1S/C40H44N8O7/c41-34-32(18-29(43-44-34)27-3-1-2-4-31(27)49)55-23-39-20-40(21-39,22-39)38(54)47-11-9-24(10-12-47)19-45-13-15-46(16-14-45)25-5-6-26-28(17-25)37(53)48(36(26)52)30-7-8-33(50)42-35(30)51/h1-6,17-18,24,30,49H,7-16,19-23H2,(H2,41,44)(H,42,50,51). The number of nitrogen functional groups attached to an aromatic ring is 1. The highest BCUT2D eigenvalue weighted by atomic mass is 16.5. The molecule has 15 nitrogen and oxygen atoms in total. The Balaban J connectivity index is 0.720. The highest BCUT2D eigenvalue weighted by Gasteiger charge is 2.72. The van der Waals surface area contributed by atoms with Gasteiger partial charge in [0.1, 0.15) is 17.5 Å². The third-order valence-electron chi connectivity index (χ3n) is 12.7. The van der Waals surface area contributed by atoms with Gasteiger partial charge in [0.15, 0.2) is 11.6 Å². The highest BCUT2D eigenvalue weighted by molar-refractivity contribution is 6.23. The van der Waals surface area contributed by atoms with Crippen LogP contribution >= 0.6 is 0 Å². The van der Waals surface area contributed by atoms with Crippen molar-refractivity contribution in [3.8, 4) is 22.8 Å². The number of ether oxygens (including phenoxy) is 1. The van der Waals surface area contributed by atoms with Crippen LogP contribution in [-0.2, 0) is 14.4 Å². The van der Waals surface area contributed by atoms with Crippen molar-refractivity contribution >= 4 is 41.0 Å². The van der Waals surface area contributed by atoms with Crippen LogP contribution in [0.25, 0.3) is 11.3 Å². The lowest BCUT2D eigenvalue weighted by atomic mass is 9.35. The van der Waals surface area contributed by atoms with Gasteiger partial charge in [-0.25, -0.2) is 0 Å². The molecule has 0 spiro atoms. The normalized spacial score (nSPS) is 26.7. The van der Waals surface area contributed by atoms with E-state index in [-0.39, 0.29) is 46.7 Å². The molecule has 3 saturated heterocycles. The Labute approximate surface area is 317 Å². The van der Waals surface area contributed by atoms with Crippen LogP contribution in [0.2, 0.25) is 0 Å². The first-order chi connectivity index (χ1) is 26.5. The Morgan fingerprint density at radius 3 is 2.33 bits per heavy atom. The van der Waals surface area contributed by atoms with E-state index in [4.69, 9.17) is 10.5 Å². The quantitative estimate of drug-likeness (QED) is 0.272. The van der Waals surface area contributed by atoms with Crippen LogP contribution < -0.4 is 20.7 Å². The summed E-state index contributed by atoms with van der Waals surface area (Å²) in [6, 6.07) is 12.9. The number of anilines is 2. The number of likely N-dealkylation sites (tertiary alicyclic amines) is 1. The second-order valence-electron chi connectivity index (χ2n) is 16.3. The summed E-state index contributed by atoms with van der Waals surface area (Å²) in [5, 5.41) is 20.6. The van der Waals surface area contributed by atoms with Gasteiger partial charge in [-0.2, -0.15) is 0 Å². The lowest BCUT2D eigenvalue weighted by Gasteiger charge is -2.69. The molecule has 2 bridgehead atoms.